The average molecular weight is 189 g/mol. The van der Waals surface area contributed by atoms with Crippen LogP contribution in [0.25, 0.3) is 0 Å². The van der Waals surface area contributed by atoms with Crippen molar-refractivity contribution < 1.29 is 9.90 Å². The Hall–Kier alpha value is 0.950. The monoisotopic (exact) mass is 188 g/mol. The molecule has 1 aliphatic rings. The third-order valence-corrected chi connectivity index (χ3v) is 2.20. The molecule has 2 nitrogen and oxygen atoms in total. The van der Waals surface area contributed by atoms with Crippen LogP contribution >= 0.6 is 15.9 Å². The first-order chi connectivity index (χ1) is 3.15. The zero-order chi connectivity index (χ0) is 5.49. The Bertz CT molecular complexity index is 111. The molecule has 1 rings (SSSR count). The average Bonchev–Trinajstić information content (AvgIpc) is 2.21. The quantitative estimate of drug-likeness (QED) is 0.477. The van der Waals surface area contributed by atoms with Gasteiger partial charge in [0, 0.05) is 0 Å². The van der Waals surface area contributed by atoms with Crippen molar-refractivity contribution in [3.05, 3.63) is 0 Å². The van der Waals surface area contributed by atoms with Crippen molar-refractivity contribution in [3.8, 4) is 0 Å². The van der Waals surface area contributed by atoms with Gasteiger partial charge in [0.15, 0.2) is 0 Å². The molecule has 0 saturated heterocycles. The minimum absolute atomic E-state index is 0. The first-order valence-corrected chi connectivity index (χ1v) is 2.87. The third kappa shape index (κ3) is 1.72. The molecule has 0 aromatic carbocycles. The number of rotatable bonds is 1. The summed E-state index contributed by atoms with van der Waals surface area (Å²) in [6.07, 6.45) is 1.56. The van der Waals surface area contributed by atoms with Crippen molar-refractivity contribution in [1.82, 2.24) is 0 Å². The van der Waals surface area contributed by atoms with Gasteiger partial charge in [0.25, 0.3) is 0 Å². The van der Waals surface area contributed by atoms with E-state index >= 15 is 0 Å². The van der Waals surface area contributed by atoms with E-state index in [1.54, 1.807) is 0 Å². The Morgan fingerprint density at radius 2 is 2.00 bits per heavy atom. The van der Waals surface area contributed by atoms with E-state index in [-0.39, 0.29) is 29.6 Å². The van der Waals surface area contributed by atoms with Crippen LogP contribution in [-0.2, 0) is 4.79 Å². The van der Waals surface area contributed by atoms with Gasteiger partial charge in [-0.2, -0.15) is 0 Å². The SMILES string of the molecule is O=C(O)C1(Br)CC1.[NaH]. The number of halogens is 1. The molecule has 0 heterocycles. The maximum absolute atomic E-state index is 10.0. The topological polar surface area (TPSA) is 37.3 Å². The second-order valence-electron chi connectivity index (χ2n) is 1.77. The van der Waals surface area contributed by atoms with E-state index in [4.69, 9.17) is 5.11 Å². The standard InChI is InChI=1S/C4H5BrO2.Na.H/c5-4(1-2-4)3(6)7;;/h1-2H2,(H,6,7);;. The molecule has 42 valence electrons. The van der Waals surface area contributed by atoms with E-state index < -0.39 is 10.3 Å². The number of carboxylic acid groups (broad SMARTS) is 1. The molecule has 0 bridgehead atoms. The molecule has 0 spiro atoms. The normalized spacial score (nSPS) is 21.1. The molecule has 0 aromatic heterocycles. The Balaban J connectivity index is 0.000000490. The zero-order valence-corrected chi connectivity index (χ0v) is 5.23. The molecule has 0 amide bonds. The van der Waals surface area contributed by atoms with Gasteiger partial charge in [0.1, 0.15) is 4.32 Å². The fraction of sp³-hybridized carbons (Fsp3) is 0.750. The first-order valence-electron chi connectivity index (χ1n) is 2.07. The molecule has 0 atom stereocenters. The summed E-state index contributed by atoms with van der Waals surface area (Å²) in [6, 6.07) is 0. The molecule has 0 aliphatic heterocycles. The molecular weight excluding hydrogens is 183 g/mol. The number of aliphatic carboxylic acids is 1. The maximum atomic E-state index is 10.0. The second kappa shape index (κ2) is 2.69. The first kappa shape index (κ1) is 8.95. The predicted octanol–water partition coefficient (Wildman–Crippen LogP) is 0.350. The number of carboxylic acids is 1. The number of alkyl halides is 1. The summed E-state index contributed by atoms with van der Waals surface area (Å²) in [5, 5.41) is 8.27. The molecule has 1 fully saturated rings. The van der Waals surface area contributed by atoms with E-state index in [0.717, 1.165) is 12.8 Å². The number of hydrogen-bond donors (Lipinski definition) is 1. The van der Waals surface area contributed by atoms with Gasteiger partial charge in [-0.25, -0.2) is 0 Å². The van der Waals surface area contributed by atoms with Gasteiger partial charge in [-0.05, 0) is 12.8 Å². The molecule has 4 heteroatoms. The summed E-state index contributed by atoms with van der Waals surface area (Å²) in [6.45, 7) is 0. The molecule has 0 unspecified atom stereocenters. The van der Waals surface area contributed by atoms with Crippen LogP contribution < -0.4 is 0 Å². The summed E-state index contributed by atoms with van der Waals surface area (Å²) in [4.78, 5) is 10.0. The summed E-state index contributed by atoms with van der Waals surface area (Å²) in [5.41, 5.74) is 0. The summed E-state index contributed by atoms with van der Waals surface area (Å²) < 4.78 is -0.521. The van der Waals surface area contributed by atoms with E-state index in [2.05, 4.69) is 15.9 Å². The predicted molar refractivity (Wildman–Crippen MR) is 35.7 cm³/mol. The Morgan fingerprint density at radius 1 is 1.62 bits per heavy atom. The van der Waals surface area contributed by atoms with Crippen molar-refractivity contribution in [3.63, 3.8) is 0 Å². The number of carbonyl (C=O) groups is 1. The van der Waals surface area contributed by atoms with Crippen molar-refractivity contribution in [2.24, 2.45) is 0 Å². The minimum atomic E-state index is -0.729. The van der Waals surface area contributed by atoms with Crippen LogP contribution in [0.4, 0.5) is 0 Å². The van der Waals surface area contributed by atoms with Crippen molar-refractivity contribution >= 4 is 51.5 Å². The van der Waals surface area contributed by atoms with Crippen molar-refractivity contribution in [2.75, 3.05) is 0 Å². The van der Waals surface area contributed by atoms with E-state index in [1.807, 2.05) is 0 Å². The van der Waals surface area contributed by atoms with Gasteiger partial charge in [0.05, 0.1) is 0 Å². The molecular formula is C4H6BrNaO2. The molecule has 8 heavy (non-hydrogen) atoms. The van der Waals surface area contributed by atoms with Gasteiger partial charge in [-0.1, -0.05) is 15.9 Å². The van der Waals surface area contributed by atoms with E-state index in [1.165, 1.54) is 0 Å². The molecule has 1 saturated carbocycles. The number of hydrogen-bond acceptors (Lipinski definition) is 1. The van der Waals surface area contributed by atoms with Crippen LogP contribution in [0.5, 0.6) is 0 Å². The Kier molecular flexibility index (Phi) is 3.01. The summed E-state index contributed by atoms with van der Waals surface area (Å²) >= 11 is 3.05. The summed E-state index contributed by atoms with van der Waals surface area (Å²) in [7, 11) is 0. The van der Waals surface area contributed by atoms with E-state index in [9.17, 15) is 4.79 Å². The Morgan fingerprint density at radius 3 is 2.00 bits per heavy atom. The van der Waals surface area contributed by atoms with Crippen LogP contribution in [0.2, 0.25) is 0 Å². The molecule has 1 N–H and O–H groups in total. The Labute approximate surface area is 78.1 Å². The summed E-state index contributed by atoms with van der Waals surface area (Å²) in [5.74, 6) is -0.729. The van der Waals surface area contributed by atoms with Crippen LogP contribution in [0.3, 0.4) is 0 Å². The van der Waals surface area contributed by atoms with Crippen LogP contribution in [0.1, 0.15) is 12.8 Å². The third-order valence-electron chi connectivity index (χ3n) is 1.07. The van der Waals surface area contributed by atoms with Crippen molar-refractivity contribution in [2.45, 2.75) is 17.2 Å². The van der Waals surface area contributed by atoms with Gasteiger partial charge in [0.2, 0.25) is 0 Å². The van der Waals surface area contributed by atoms with Gasteiger partial charge >= 0.3 is 35.5 Å². The zero-order valence-electron chi connectivity index (χ0n) is 3.65. The molecule has 0 radical (unpaired) electrons. The second-order valence-corrected chi connectivity index (χ2v) is 3.29. The van der Waals surface area contributed by atoms with Crippen LogP contribution in [0, 0.1) is 0 Å². The van der Waals surface area contributed by atoms with Crippen LogP contribution in [0.15, 0.2) is 0 Å². The van der Waals surface area contributed by atoms with Crippen molar-refractivity contribution in [1.29, 1.82) is 0 Å². The fourth-order valence-electron chi connectivity index (χ4n) is 0.324. The fourth-order valence-corrected chi connectivity index (χ4v) is 0.522. The van der Waals surface area contributed by atoms with Gasteiger partial charge in [-0.3, -0.25) is 4.79 Å². The van der Waals surface area contributed by atoms with Gasteiger partial charge < -0.3 is 5.11 Å². The van der Waals surface area contributed by atoms with Crippen LogP contribution in [-0.4, -0.2) is 45.0 Å². The molecule has 0 aromatic rings. The van der Waals surface area contributed by atoms with E-state index in [0.29, 0.717) is 0 Å². The molecule has 1 aliphatic carbocycles. The van der Waals surface area contributed by atoms with Gasteiger partial charge in [-0.15, -0.1) is 0 Å².